The highest BCUT2D eigenvalue weighted by atomic mass is 19.1. The molecule has 1 nitrogen and oxygen atoms in total. The van der Waals surface area contributed by atoms with E-state index in [4.69, 9.17) is 0 Å². The number of benzene rings is 1. The zero-order valence-corrected chi connectivity index (χ0v) is 10.5. The van der Waals surface area contributed by atoms with Crippen molar-refractivity contribution in [3.8, 4) is 0 Å². The van der Waals surface area contributed by atoms with Crippen LogP contribution >= 0.6 is 0 Å². The maximum Gasteiger partial charge on any atom is 0.123 e. The molecule has 16 heavy (non-hydrogen) atoms. The lowest BCUT2D eigenvalue weighted by Crippen LogP contribution is -2.20. The van der Waals surface area contributed by atoms with E-state index in [2.05, 4.69) is 26.1 Å². The first-order valence-corrected chi connectivity index (χ1v) is 6.08. The Balaban J connectivity index is 2.32. The average Bonchev–Trinajstić information content (AvgIpc) is 2.24. The Morgan fingerprint density at radius 3 is 2.62 bits per heavy atom. The van der Waals surface area contributed by atoms with E-state index in [0.29, 0.717) is 0 Å². The van der Waals surface area contributed by atoms with E-state index in [0.717, 1.165) is 18.0 Å². The predicted octanol–water partition coefficient (Wildman–Crippen LogP) is 3.91. The highest BCUT2D eigenvalue weighted by Crippen LogP contribution is 2.13. The van der Waals surface area contributed by atoms with Crippen molar-refractivity contribution in [1.82, 2.24) is 5.32 Å². The van der Waals surface area contributed by atoms with Gasteiger partial charge < -0.3 is 5.32 Å². The Labute approximate surface area is 98.1 Å². The first-order chi connectivity index (χ1) is 7.59. The molecular formula is C14H22FN. The summed E-state index contributed by atoms with van der Waals surface area (Å²) in [7, 11) is 0. The second kappa shape index (κ2) is 6.64. The summed E-state index contributed by atoms with van der Waals surface area (Å²) in [5.41, 5.74) is 1.02. The molecule has 0 radical (unpaired) electrons. The van der Waals surface area contributed by atoms with Crippen molar-refractivity contribution in [3.63, 3.8) is 0 Å². The van der Waals surface area contributed by atoms with Crippen molar-refractivity contribution in [3.05, 3.63) is 35.6 Å². The number of rotatable bonds is 6. The van der Waals surface area contributed by atoms with Crippen LogP contribution in [0.5, 0.6) is 0 Å². The summed E-state index contributed by atoms with van der Waals surface area (Å²) in [5.74, 6) is 0.597. The van der Waals surface area contributed by atoms with Crippen LogP contribution in [0.2, 0.25) is 0 Å². The molecule has 0 saturated heterocycles. The van der Waals surface area contributed by atoms with Crippen LogP contribution in [0.25, 0.3) is 0 Å². The fraction of sp³-hybridized carbons (Fsp3) is 0.571. The van der Waals surface area contributed by atoms with Gasteiger partial charge in [0.1, 0.15) is 5.82 Å². The van der Waals surface area contributed by atoms with E-state index >= 15 is 0 Å². The van der Waals surface area contributed by atoms with Gasteiger partial charge in [-0.1, -0.05) is 26.0 Å². The first-order valence-electron chi connectivity index (χ1n) is 6.08. The van der Waals surface area contributed by atoms with E-state index in [1.165, 1.54) is 18.9 Å². The normalized spacial score (nSPS) is 13.1. The second-order valence-corrected chi connectivity index (χ2v) is 4.77. The van der Waals surface area contributed by atoms with Gasteiger partial charge in [0.15, 0.2) is 0 Å². The Morgan fingerprint density at radius 2 is 2.00 bits per heavy atom. The second-order valence-electron chi connectivity index (χ2n) is 4.77. The molecular weight excluding hydrogens is 201 g/mol. The molecule has 0 aromatic heterocycles. The molecule has 0 saturated carbocycles. The minimum absolute atomic E-state index is 0.159. The SMILES string of the molecule is CC(C)CCCN[C@H](C)c1cccc(F)c1. The van der Waals surface area contributed by atoms with Crippen LogP contribution in [0, 0.1) is 11.7 Å². The molecule has 2 heteroatoms. The first kappa shape index (κ1) is 13.2. The van der Waals surface area contributed by atoms with Crippen LogP contribution in [0.1, 0.15) is 45.2 Å². The lowest BCUT2D eigenvalue weighted by molar-refractivity contribution is 0.496. The molecule has 0 spiro atoms. The van der Waals surface area contributed by atoms with Crippen molar-refractivity contribution in [2.75, 3.05) is 6.54 Å². The third-order valence-corrected chi connectivity index (χ3v) is 2.76. The highest BCUT2D eigenvalue weighted by Gasteiger charge is 2.05. The summed E-state index contributed by atoms with van der Waals surface area (Å²) < 4.78 is 13.0. The van der Waals surface area contributed by atoms with E-state index < -0.39 is 0 Å². The third-order valence-electron chi connectivity index (χ3n) is 2.76. The molecule has 0 amide bonds. The number of halogens is 1. The Hall–Kier alpha value is -0.890. The largest absolute Gasteiger partial charge is 0.310 e. The summed E-state index contributed by atoms with van der Waals surface area (Å²) in [6, 6.07) is 7.03. The van der Waals surface area contributed by atoms with Gasteiger partial charge >= 0.3 is 0 Å². The van der Waals surface area contributed by atoms with E-state index in [-0.39, 0.29) is 11.9 Å². The van der Waals surface area contributed by atoms with Gasteiger partial charge in [-0.15, -0.1) is 0 Å². The summed E-state index contributed by atoms with van der Waals surface area (Å²) in [4.78, 5) is 0. The monoisotopic (exact) mass is 223 g/mol. The van der Waals surface area contributed by atoms with Gasteiger partial charge in [0, 0.05) is 6.04 Å². The van der Waals surface area contributed by atoms with Crippen LogP contribution in [0.4, 0.5) is 4.39 Å². The summed E-state index contributed by atoms with van der Waals surface area (Å²) in [6.07, 6.45) is 2.42. The Morgan fingerprint density at radius 1 is 1.25 bits per heavy atom. The third kappa shape index (κ3) is 4.75. The van der Waals surface area contributed by atoms with Crippen molar-refractivity contribution < 1.29 is 4.39 Å². The molecule has 0 aliphatic heterocycles. The molecule has 0 unspecified atom stereocenters. The molecule has 1 aromatic rings. The minimum atomic E-state index is -0.159. The van der Waals surface area contributed by atoms with Crippen molar-refractivity contribution >= 4 is 0 Å². The lowest BCUT2D eigenvalue weighted by Gasteiger charge is -2.14. The predicted molar refractivity (Wildman–Crippen MR) is 66.9 cm³/mol. The summed E-state index contributed by atoms with van der Waals surface area (Å²) in [6.45, 7) is 7.53. The fourth-order valence-corrected chi connectivity index (χ4v) is 1.72. The molecule has 0 aliphatic carbocycles. The Kier molecular flexibility index (Phi) is 5.47. The lowest BCUT2D eigenvalue weighted by atomic mass is 10.1. The Bertz CT molecular complexity index is 309. The summed E-state index contributed by atoms with van der Waals surface area (Å²) in [5, 5.41) is 3.41. The molecule has 0 heterocycles. The zero-order chi connectivity index (χ0) is 12.0. The van der Waals surface area contributed by atoms with Crippen LogP contribution in [0.15, 0.2) is 24.3 Å². The average molecular weight is 223 g/mol. The fourth-order valence-electron chi connectivity index (χ4n) is 1.72. The molecule has 1 rings (SSSR count). The van der Waals surface area contributed by atoms with Crippen LogP contribution < -0.4 is 5.32 Å². The van der Waals surface area contributed by atoms with Crippen LogP contribution in [0.3, 0.4) is 0 Å². The van der Waals surface area contributed by atoms with Crippen molar-refractivity contribution in [2.45, 2.75) is 39.7 Å². The molecule has 0 bridgehead atoms. The topological polar surface area (TPSA) is 12.0 Å². The van der Waals surface area contributed by atoms with Gasteiger partial charge in [-0.05, 0) is 49.9 Å². The van der Waals surface area contributed by atoms with Gasteiger partial charge in [0.05, 0.1) is 0 Å². The molecule has 1 atom stereocenters. The quantitative estimate of drug-likeness (QED) is 0.721. The standard InChI is InChI=1S/C14H22FN/c1-11(2)6-5-9-16-12(3)13-7-4-8-14(15)10-13/h4,7-8,10-12,16H,5-6,9H2,1-3H3/t12-/m1/s1. The molecule has 1 N–H and O–H groups in total. The van der Waals surface area contributed by atoms with Crippen LogP contribution in [-0.4, -0.2) is 6.54 Å². The van der Waals surface area contributed by atoms with E-state index in [9.17, 15) is 4.39 Å². The smallest absolute Gasteiger partial charge is 0.123 e. The maximum atomic E-state index is 13.0. The van der Waals surface area contributed by atoms with Gasteiger partial charge in [0.2, 0.25) is 0 Å². The van der Waals surface area contributed by atoms with Crippen molar-refractivity contribution in [2.24, 2.45) is 5.92 Å². The zero-order valence-electron chi connectivity index (χ0n) is 10.5. The molecule has 0 fully saturated rings. The highest BCUT2D eigenvalue weighted by molar-refractivity contribution is 5.19. The molecule has 0 aliphatic rings. The minimum Gasteiger partial charge on any atom is -0.310 e. The molecule has 1 aromatic carbocycles. The van der Waals surface area contributed by atoms with Gasteiger partial charge in [-0.3, -0.25) is 0 Å². The number of nitrogens with one attached hydrogen (secondary N) is 1. The number of hydrogen-bond acceptors (Lipinski definition) is 1. The van der Waals surface area contributed by atoms with Gasteiger partial charge in [-0.2, -0.15) is 0 Å². The van der Waals surface area contributed by atoms with Gasteiger partial charge in [0.25, 0.3) is 0 Å². The maximum absolute atomic E-state index is 13.0. The summed E-state index contributed by atoms with van der Waals surface area (Å²) >= 11 is 0. The van der Waals surface area contributed by atoms with E-state index in [1.54, 1.807) is 12.1 Å². The van der Waals surface area contributed by atoms with Gasteiger partial charge in [-0.25, -0.2) is 4.39 Å². The molecule has 90 valence electrons. The number of hydrogen-bond donors (Lipinski definition) is 1. The van der Waals surface area contributed by atoms with E-state index in [1.807, 2.05) is 6.07 Å². The van der Waals surface area contributed by atoms with Crippen LogP contribution in [-0.2, 0) is 0 Å². The van der Waals surface area contributed by atoms with Crippen molar-refractivity contribution in [1.29, 1.82) is 0 Å².